The zero-order valence-electron chi connectivity index (χ0n) is 22.5. The summed E-state index contributed by atoms with van der Waals surface area (Å²) < 4.78 is 16.7. The molecule has 0 aliphatic heterocycles. The van der Waals surface area contributed by atoms with Crippen molar-refractivity contribution in [2.45, 2.75) is 45.4 Å². The molecule has 3 aromatic rings. The Kier molecular flexibility index (Phi) is 11.7. The monoisotopic (exact) mass is 518 g/mol. The molecule has 202 valence electrons. The Hall–Kier alpha value is -3.84. The summed E-state index contributed by atoms with van der Waals surface area (Å²) in [5, 5.41) is 3.02. The molecule has 1 atom stereocenters. The summed E-state index contributed by atoms with van der Waals surface area (Å²) in [6, 6.07) is 25.7. The highest BCUT2D eigenvalue weighted by Gasteiger charge is 2.30. The number of para-hydroxylation sites is 1. The minimum Gasteiger partial charge on any atom is -0.497 e. The first kappa shape index (κ1) is 28.7. The van der Waals surface area contributed by atoms with Gasteiger partial charge in [-0.1, -0.05) is 60.7 Å². The van der Waals surface area contributed by atoms with Crippen molar-refractivity contribution in [1.82, 2.24) is 10.2 Å². The van der Waals surface area contributed by atoms with Gasteiger partial charge in [0.05, 0.1) is 13.2 Å². The largest absolute Gasteiger partial charge is 0.497 e. The van der Waals surface area contributed by atoms with E-state index in [1.807, 2.05) is 86.6 Å². The quantitative estimate of drug-likeness (QED) is 0.297. The van der Waals surface area contributed by atoms with Gasteiger partial charge < -0.3 is 24.4 Å². The molecular formula is C31H38N2O5. The number of hydrogen-bond donors (Lipinski definition) is 1. The Balaban J connectivity index is 1.82. The lowest BCUT2D eigenvalue weighted by Crippen LogP contribution is -2.52. The van der Waals surface area contributed by atoms with Crippen LogP contribution in [-0.2, 0) is 27.3 Å². The van der Waals surface area contributed by atoms with Gasteiger partial charge in [0.25, 0.3) is 5.91 Å². The number of carbonyl (C=O) groups is 2. The van der Waals surface area contributed by atoms with Gasteiger partial charge >= 0.3 is 0 Å². The topological polar surface area (TPSA) is 77.1 Å². The third-order valence-corrected chi connectivity index (χ3v) is 5.96. The minimum atomic E-state index is -0.725. The molecule has 7 nitrogen and oxygen atoms in total. The SMILES string of the molecule is COc1ccc(CN(C(=O)COc2ccccc2)C(Cc2ccccc2)C(=O)NCCCOC(C)C)cc1. The van der Waals surface area contributed by atoms with Crippen molar-refractivity contribution in [3.8, 4) is 11.5 Å². The fraction of sp³-hybridized carbons (Fsp3) is 0.355. The summed E-state index contributed by atoms with van der Waals surface area (Å²) in [7, 11) is 1.61. The Morgan fingerprint density at radius 3 is 2.13 bits per heavy atom. The molecule has 0 spiro atoms. The van der Waals surface area contributed by atoms with Crippen LogP contribution in [0.5, 0.6) is 11.5 Å². The molecule has 0 heterocycles. The van der Waals surface area contributed by atoms with Crippen LogP contribution in [0, 0.1) is 0 Å². The van der Waals surface area contributed by atoms with E-state index < -0.39 is 6.04 Å². The molecule has 38 heavy (non-hydrogen) atoms. The Morgan fingerprint density at radius 1 is 0.842 bits per heavy atom. The molecule has 2 amide bonds. The van der Waals surface area contributed by atoms with E-state index in [1.165, 1.54) is 0 Å². The fourth-order valence-corrected chi connectivity index (χ4v) is 3.95. The molecule has 1 N–H and O–H groups in total. The zero-order valence-corrected chi connectivity index (χ0v) is 22.5. The van der Waals surface area contributed by atoms with Crippen molar-refractivity contribution in [3.05, 3.63) is 96.1 Å². The van der Waals surface area contributed by atoms with E-state index in [9.17, 15) is 9.59 Å². The summed E-state index contributed by atoms with van der Waals surface area (Å²) in [5.74, 6) is 0.838. The van der Waals surface area contributed by atoms with Crippen molar-refractivity contribution in [2.75, 3.05) is 26.9 Å². The van der Waals surface area contributed by atoms with Gasteiger partial charge in [0.1, 0.15) is 17.5 Å². The second-order valence-electron chi connectivity index (χ2n) is 9.24. The van der Waals surface area contributed by atoms with Crippen LogP contribution in [0.1, 0.15) is 31.4 Å². The van der Waals surface area contributed by atoms with Crippen molar-refractivity contribution in [1.29, 1.82) is 0 Å². The Morgan fingerprint density at radius 2 is 1.50 bits per heavy atom. The Labute approximate surface area is 225 Å². The van der Waals surface area contributed by atoms with E-state index in [0.29, 0.717) is 31.7 Å². The van der Waals surface area contributed by atoms with Gasteiger partial charge in [-0.3, -0.25) is 9.59 Å². The molecule has 7 heteroatoms. The van der Waals surface area contributed by atoms with Gasteiger partial charge in [-0.2, -0.15) is 0 Å². The van der Waals surface area contributed by atoms with Crippen molar-refractivity contribution < 1.29 is 23.8 Å². The number of methoxy groups -OCH3 is 1. The predicted molar refractivity (Wildman–Crippen MR) is 148 cm³/mol. The van der Waals surface area contributed by atoms with E-state index in [4.69, 9.17) is 14.2 Å². The molecular weight excluding hydrogens is 480 g/mol. The lowest BCUT2D eigenvalue weighted by atomic mass is 10.0. The number of ether oxygens (including phenoxy) is 3. The van der Waals surface area contributed by atoms with Gasteiger partial charge in [-0.15, -0.1) is 0 Å². The number of benzene rings is 3. The van der Waals surface area contributed by atoms with Gasteiger partial charge in [0.15, 0.2) is 6.61 Å². The number of carbonyl (C=O) groups excluding carboxylic acids is 2. The van der Waals surface area contributed by atoms with Crippen LogP contribution in [0.4, 0.5) is 0 Å². The average Bonchev–Trinajstić information content (AvgIpc) is 2.94. The third kappa shape index (κ3) is 9.56. The second kappa shape index (κ2) is 15.4. The number of nitrogens with one attached hydrogen (secondary N) is 1. The predicted octanol–water partition coefficient (Wildman–Crippen LogP) is 4.65. The van der Waals surface area contributed by atoms with Crippen molar-refractivity contribution in [3.63, 3.8) is 0 Å². The standard InChI is InChI=1S/C31H38N2O5/c1-24(2)37-20-10-19-32-31(35)29(21-25-11-6-4-7-12-25)33(22-26-15-17-27(36-3)18-16-26)30(34)23-38-28-13-8-5-9-14-28/h4-9,11-18,24,29H,10,19-23H2,1-3H3,(H,32,35). The van der Waals surface area contributed by atoms with E-state index in [2.05, 4.69) is 5.32 Å². The maximum Gasteiger partial charge on any atom is 0.261 e. The number of amides is 2. The summed E-state index contributed by atoms with van der Waals surface area (Å²) in [6.07, 6.45) is 1.20. The van der Waals surface area contributed by atoms with E-state index >= 15 is 0 Å². The van der Waals surface area contributed by atoms with Gasteiger partial charge in [-0.05, 0) is 55.7 Å². The molecule has 3 aromatic carbocycles. The second-order valence-corrected chi connectivity index (χ2v) is 9.24. The third-order valence-electron chi connectivity index (χ3n) is 5.96. The first-order valence-electron chi connectivity index (χ1n) is 13.0. The summed E-state index contributed by atoms with van der Waals surface area (Å²) >= 11 is 0. The van der Waals surface area contributed by atoms with Gasteiger partial charge in [0.2, 0.25) is 5.91 Å². The first-order valence-corrected chi connectivity index (χ1v) is 13.0. The highest BCUT2D eigenvalue weighted by molar-refractivity contribution is 5.88. The summed E-state index contributed by atoms with van der Waals surface area (Å²) in [6.45, 7) is 5.05. The van der Waals surface area contributed by atoms with Crippen LogP contribution in [0.25, 0.3) is 0 Å². The van der Waals surface area contributed by atoms with Crippen LogP contribution in [0.2, 0.25) is 0 Å². The van der Waals surface area contributed by atoms with Crippen LogP contribution in [-0.4, -0.2) is 55.7 Å². The van der Waals surface area contributed by atoms with E-state index in [-0.39, 0.29) is 31.1 Å². The summed E-state index contributed by atoms with van der Waals surface area (Å²) in [5.41, 5.74) is 1.85. The highest BCUT2D eigenvalue weighted by atomic mass is 16.5. The lowest BCUT2D eigenvalue weighted by molar-refractivity contribution is -0.142. The average molecular weight is 519 g/mol. The smallest absolute Gasteiger partial charge is 0.261 e. The summed E-state index contributed by atoms with van der Waals surface area (Å²) in [4.78, 5) is 28.8. The zero-order chi connectivity index (χ0) is 27.2. The van der Waals surface area contributed by atoms with Crippen LogP contribution >= 0.6 is 0 Å². The Bertz CT molecular complexity index is 1100. The molecule has 0 aliphatic rings. The number of rotatable bonds is 15. The number of nitrogens with zero attached hydrogens (tertiary/aromatic N) is 1. The molecule has 0 radical (unpaired) electrons. The number of hydrogen-bond acceptors (Lipinski definition) is 5. The molecule has 0 bridgehead atoms. The molecule has 0 aliphatic carbocycles. The van der Waals surface area contributed by atoms with Crippen LogP contribution < -0.4 is 14.8 Å². The molecule has 0 saturated carbocycles. The fourth-order valence-electron chi connectivity index (χ4n) is 3.95. The van der Waals surface area contributed by atoms with E-state index in [0.717, 1.165) is 16.9 Å². The van der Waals surface area contributed by atoms with Crippen LogP contribution in [0.3, 0.4) is 0 Å². The van der Waals surface area contributed by atoms with Crippen molar-refractivity contribution in [2.24, 2.45) is 0 Å². The lowest BCUT2D eigenvalue weighted by Gasteiger charge is -2.31. The maximum absolute atomic E-state index is 13.6. The van der Waals surface area contributed by atoms with Crippen molar-refractivity contribution >= 4 is 11.8 Å². The minimum absolute atomic E-state index is 0.138. The van der Waals surface area contributed by atoms with E-state index in [1.54, 1.807) is 24.1 Å². The molecule has 3 rings (SSSR count). The van der Waals surface area contributed by atoms with Gasteiger partial charge in [0, 0.05) is 26.1 Å². The molecule has 1 unspecified atom stereocenters. The first-order chi connectivity index (χ1) is 18.5. The maximum atomic E-state index is 13.6. The molecule has 0 aromatic heterocycles. The molecule has 0 fully saturated rings. The normalized spacial score (nSPS) is 11.6. The highest BCUT2D eigenvalue weighted by Crippen LogP contribution is 2.18. The van der Waals surface area contributed by atoms with Gasteiger partial charge in [-0.25, -0.2) is 0 Å². The van der Waals surface area contributed by atoms with Crippen LogP contribution in [0.15, 0.2) is 84.9 Å². The molecule has 0 saturated heterocycles.